The summed E-state index contributed by atoms with van der Waals surface area (Å²) >= 11 is 0. The predicted octanol–water partition coefficient (Wildman–Crippen LogP) is 2.52. The smallest absolute Gasteiger partial charge is 0.0672 e. The quantitative estimate of drug-likeness (QED) is 0.806. The van der Waals surface area contributed by atoms with Gasteiger partial charge in [-0.25, -0.2) is 0 Å². The van der Waals surface area contributed by atoms with Crippen molar-refractivity contribution in [3.05, 3.63) is 18.3 Å². The first-order valence-electron chi connectivity index (χ1n) is 6.46. The molecule has 2 aromatic rings. The van der Waals surface area contributed by atoms with E-state index < -0.39 is 0 Å². The fourth-order valence-corrected chi connectivity index (χ4v) is 2.21. The number of nitrogens with zero attached hydrogens (tertiary/aromatic N) is 3. The highest BCUT2D eigenvalue weighted by Crippen LogP contribution is 2.28. The number of nitrogen functional groups attached to an aromatic ring is 1. The number of nitrogens with two attached hydrogens (primary N) is 1. The summed E-state index contributed by atoms with van der Waals surface area (Å²) in [6.45, 7) is 5.89. The van der Waals surface area contributed by atoms with Crippen molar-refractivity contribution in [3.63, 3.8) is 0 Å². The Morgan fingerprint density at radius 1 is 1.47 bits per heavy atom. The van der Waals surface area contributed by atoms with E-state index in [9.17, 15) is 0 Å². The average molecular weight is 257 g/mol. The van der Waals surface area contributed by atoms with Gasteiger partial charge in [0, 0.05) is 18.5 Å². The van der Waals surface area contributed by atoms with Crippen molar-refractivity contribution in [1.29, 1.82) is 5.26 Å². The molecule has 0 aliphatic heterocycles. The second kappa shape index (κ2) is 5.61. The van der Waals surface area contributed by atoms with Gasteiger partial charge in [0.1, 0.15) is 0 Å². The number of nitriles is 1. The van der Waals surface area contributed by atoms with Crippen LogP contribution in [0.15, 0.2) is 18.3 Å². The summed E-state index contributed by atoms with van der Waals surface area (Å²) in [6, 6.07) is 6.13. The predicted molar refractivity (Wildman–Crippen MR) is 77.8 cm³/mol. The Kier molecular flexibility index (Phi) is 3.91. The summed E-state index contributed by atoms with van der Waals surface area (Å²) in [5.74, 6) is 0.510. The van der Waals surface area contributed by atoms with E-state index in [1.807, 2.05) is 12.1 Å². The van der Waals surface area contributed by atoms with Crippen LogP contribution < -0.4 is 10.6 Å². The number of fused-ring (bicyclic) bond motifs is 1. The number of hydrogen-bond donors (Lipinski definition) is 2. The maximum Gasteiger partial charge on any atom is 0.0672 e. The van der Waals surface area contributed by atoms with E-state index >= 15 is 0 Å². The molecule has 1 aromatic heterocycles. The van der Waals surface area contributed by atoms with Crippen molar-refractivity contribution in [1.82, 2.24) is 10.2 Å². The molecule has 2 rings (SSSR count). The number of nitrogens with one attached hydrogen (secondary N) is 1. The van der Waals surface area contributed by atoms with Crippen molar-refractivity contribution in [2.24, 2.45) is 5.92 Å². The van der Waals surface area contributed by atoms with Gasteiger partial charge >= 0.3 is 0 Å². The SMILES string of the molecule is CC(C)CN(CCC#N)c1cc2[nH]ncc2cc1N. The second-order valence-corrected chi connectivity index (χ2v) is 5.12. The van der Waals surface area contributed by atoms with E-state index in [1.165, 1.54) is 0 Å². The third-order valence-electron chi connectivity index (χ3n) is 3.01. The fraction of sp³-hybridized carbons (Fsp3) is 0.429. The standard InChI is InChI=1S/C14H19N5/c1-10(2)9-19(5-3-4-15)14-7-13-11(6-12(14)16)8-17-18-13/h6-8,10H,3,5,9,16H2,1-2H3,(H,17,18). The molecule has 1 heterocycles. The summed E-state index contributed by atoms with van der Waals surface area (Å²) in [6.07, 6.45) is 2.25. The average Bonchev–Trinajstić information content (AvgIpc) is 2.80. The van der Waals surface area contributed by atoms with Crippen LogP contribution in [0.3, 0.4) is 0 Å². The molecule has 0 bridgehead atoms. The third kappa shape index (κ3) is 2.97. The number of hydrogen-bond acceptors (Lipinski definition) is 4. The summed E-state index contributed by atoms with van der Waals surface area (Å²) in [5, 5.41) is 16.8. The van der Waals surface area contributed by atoms with Crippen LogP contribution in [-0.4, -0.2) is 23.3 Å². The van der Waals surface area contributed by atoms with Gasteiger partial charge in [0.25, 0.3) is 0 Å². The third-order valence-corrected chi connectivity index (χ3v) is 3.01. The Labute approximate surface area is 113 Å². The molecule has 3 N–H and O–H groups in total. The first-order valence-corrected chi connectivity index (χ1v) is 6.46. The van der Waals surface area contributed by atoms with Crippen LogP contribution in [0.25, 0.3) is 10.9 Å². The van der Waals surface area contributed by atoms with Gasteiger partial charge < -0.3 is 10.6 Å². The van der Waals surface area contributed by atoms with Crippen molar-refractivity contribution < 1.29 is 0 Å². The van der Waals surface area contributed by atoms with Crippen LogP contribution in [0.5, 0.6) is 0 Å². The molecule has 19 heavy (non-hydrogen) atoms. The Morgan fingerprint density at radius 2 is 2.26 bits per heavy atom. The lowest BCUT2D eigenvalue weighted by Gasteiger charge is -2.27. The monoisotopic (exact) mass is 257 g/mol. The molecular weight excluding hydrogens is 238 g/mol. The first-order chi connectivity index (χ1) is 9.11. The highest BCUT2D eigenvalue weighted by atomic mass is 15.1. The normalized spacial score (nSPS) is 10.8. The second-order valence-electron chi connectivity index (χ2n) is 5.12. The Balaban J connectivity index is 2.36. The van der Waals surface area contributed by atoms with Crippen molar-refractivity contribution in [3.8, 4) is 6.07 Å². The maximum absolute atomic E-state index is 8.78. The number of aromatic amines is 1. The van der Waals surface area contributed by atoms with Crippen molar-refractivity contribution >= 4 is 22.3 Å². The number of benzene rings is 1. The zero-order valence-electron chi connectivity index (χ0n) is 11.3. The van der Waals surface area contributed by atoms with E-state index in [0.29, 0.717) is 18.9 Å². The summed E-state index contributed by atoms with van der Waals surface area (Å²) in [5.41, 5.74) is 8.80. The number of rotatable bonds is 5. The van der Waals surface area contributed by atoms with Gasteiger partial charge in [0.05, 0.1) is 35.6 Å². The van der Waals surface area contributed by atoms with Crippen LogP contribution in [0.1, 0.15) is 20.3 Å². The lowest BCUT2D eigenvalue weighted by atomic mass is 10.1. The lowest BCUT2D eigenvalue weighted by molar-refractivity contribution is 0.613. The molecular formula is C14H19N5. The Morgan fingerprint density at radius 3 is 2.95 bits per heavy atom. The van der Waals surface area contributed by atoms with Crippen LogP contribution in [0.2, 0.25) is 0 Å². The Bertz CT molecular complexity index is 593. The topological polar surface area (TPSA) is 81.7 Å². The van der Waals surface area contributed by atoms with Gasteiger partial charge in [-0.1, -0.05) is 13.8 Å². The molecule has 0 fully saturated rings. The minimum Gasteiger partial charge on any atom is -0.397 e. The summed E-state index contributed by atoms with van der Waals surface area (Å²) < 4.78 is 0. The molecule has 0 atom stereocenters. The molecule has 0 amide bonds. The van der Waals surface area contributed by atoms with Crippen LogP contribution in [-0.2, 0) is 0 Å². The largest absolute Gasteiger partial charge is 0.397 e. The minimum atomic E-state index is 0.493. The molecule has 1 aromatic carbocycles. The minimum absolute atomic E-state index is 0.493. The van der Waals surface area contributed by atoms with Crippen LogP contribution >= 0.6 is 0 Å². The molecule has 5 heteroatoms. The summed E-state index contributed by atoms with van der Waals surface area (Å²) in [7, 11) is 0. The van der Waals surface area contributed by atoms with Gasteiger partial charge in [-0.05, 0) is 18.1 Å². The number of H-pyrrole nitrogens is 1. The zero-order valence-corrected chi connectivity index (χ0v) is 11.3. The van der Waals surface area contributed by atoms with E-state index in [-0.39, 0.29) is 0 Å². The van der Waals surface area contributed by atoms with E-state index in [2.05, 4.69) is 35.0 Å². The molecule has 0 unspecified atom stereocenters. The van der Waals surface area contributed by atoms with E-state index in [4.69, 9.17) is 11.0 Å². The first kappa shape index (κ1) is 13.2. The molecule has 0 saturated heterocycles. The van der Waals surface area contributed by atoms with Crippen LogP contribution in [0, 0.1) is 17.2 Å². The highest BCUT2D eigenvalue weighted by molar-refractivity contribution is 5.88. The molecule has 0 radical (unpaired) electrons. The molecule has 0 spiro atoms. The Hall–Kier alpha value is -2.22. The fourth-order valence-electron chi connectivity index (χ4n) is 2.21. The number of anilines is 2. The van der Waals surface area contributed by atoms with Gasteiger partial charge in [-0.3, -0.25) is 5.10 Å². The van der Waals surface area contributed by atoms with Gasteiger partial charge in [0.2, 0.25) is 0 Å². The van der Waals surface area contributed by atoms with Crippen LogP contribution in [0.4, 0.5) is 11.4 Å². The molecule has 100 valence electrons. The number of aromatic nitrogens is 2. The van der Waals surface area contributed by atoms with Gasteiger partial charge in [-0.15, -0.1) is 0 Å². The highest BCUT2D eigenvalue weighted by Gasteiger charge is 2.13. The van der Waals surface area contributed by atoms with E-state index in [1.54, 1.807) is 6.20 Å². The summed E-state index contributed by atoms with van der Waals surface area (Å²) in [4.78, 5) is 2.17. The van der Waals surface area contributed by atoms with Gasteiger partial charge in [-0.2, -0.15) is 10.4 Å². The molecule has 0 aliphatic carbocycles. The maximum atomic E-state index is 8.78. The molecule has 5 nitrogen and oxygen atoms in total. The van der Waals surface area contributed by atoms with E-state index in [0.717, 1.165) is 28.8 Å². The molecule has 0 saturated carbocycles. The molecule has 0 aliphatic rings. The lowest BCUT2D eigenvalue weighted by Crippen LogP contribution is -2.29. The van der Waals surface area contributed by atoms with Crippen molar-refractivity contribution in [2.75, 3.05) is 23.7 Å². The van der Waals surface area contributed by atoms with Gasteiger partial charge in [0.15, 0.2) is 0 Å². The van der Waals surface area contributed by atoms with Crippen molar-refractivity contribution in [2.45, 2.75) is 20.3 Å². The zero-order chi connectivity index (χ0) is 13.8.